The van der Waals surface area contributed by atoms with Crippen LogP contribution in [0.15, 0.2) is 12.1 Å². The number of amides is 1. The molecular formula is C18H20F3N3OS. The number of hydrogen-bond donors (Lipinski definition) is 1. The van der Waals surface area contributed by atoms with Gasteiger partial charge in [0.05, 0.1) is 4.88 Å². The summed E-state index contributed by atoms with van der Waals surface area (Å²) in [5.74, 6) is 1.16. The van der Waals surface area contributed by atoms with Gasteiger partial charge in [-0.2, -0.15) is 13.2 Å². The molecule has 0 saturated carbocycles. The van der Waals surface area contributed by atoms with Crippen molar-refractivity contribution in [1.82, 2.24) is 15.2 Å². The Balaban J connectivity index is 1.61. The fraction of sp³-hybridized carbons (Fsp3) is 0.556. The molecule has 0 spiro atoms. The van der Waals surface area contributed by atoms with Gasteiger partial charge in [-0.15, -0.1) is 11.3 Å². The largest absolute Gasteiger partial charge is 0.433 e. The third-order valence-electron chi connectivity index (χ3n) is 5.59. The summed E-state index contributed by atoms with van der Waals surface area (Å²) in [5, 5.41) is 4.04. The molecule has 8 heteroatoms. The van der Waals surface area contributed by atoms with E-state index < -0.39 is 11.9 Å². The molecule has 2 saturated heterocycles. The molecule has 2 atom stereocenters. The summed E-state index contributed by atoms with van der Waals surface area (Å²) >= 11 is 1.07. The Morgan fingerprint density at radius 3 is 2.50 bits per heavy atom. The minimum absolute atomic E-state index is 0.0769. The molecule has 1 N–H and O–H groups in total. The maximum atomic E-state index is 13.0. The Morgan fingerprint density at radius 2 is 1.88 bits per heavy atom. The van der Waals surface area contributed by atoms with Crippen molar-refractivity contribution in [2.24, 2.45) is 11.8 Å². The third kappa shape index (κ3) is 3.09. The van der Waals surface area contributed by atoms with E-state index in [2.05, 4.69) is 10.3 Å². The summed E-state index contributed by atoms with van der Waals surface area (Å²) in [5.41, 5.74) is -0.192. The van der Waals surface area contributed by atoms with Gasteiger partial charge < -0.3 is 10.2 Å². The first-order valence-corrected chi connectivity index (χ1v) is 9.63. The van der Waals surface area contributed by atoms with Crippen LogP contribution in [0.25, 0.3) is 10.2 Å². The summed E-state index contributed by atoms with van der Waals surface area (Å²) in [4.78, 5) is 19.4. The van der Waals surface area contributed by atoms with Crippen LogP contribution in [0.4, 0.5) is 13.2 Å². The van der Waals surface area contributed by atoms with E-state index in [4.69, 9.17) is 0 Å². The standard InChI is InChI=1S/C18H20F3N3OS/c1-10-13-2-3-14(18(19,20)21)23-16(13)26-15(10)17(25)24-6-4-11-8-22-9-12(11)5-7-24/h2-3,11-12,22H,4-9H2,1H3/t11-,12+. The Kier molecular flexibility index (Phi) is 4.43. The van der Waals surface area contributed by atoms with Gasteiger partial charge in [-0.1, -0.05) is 0 Å². The van der Waals surface area contributed by atoms with Crippen LogP contribution in [-0.2, 0) is 6.18 Å². The Morgan fingerprint density at radius 1 is 1.23 bits per heavy atom. The van der Waals surface area contributed by atoms with E-state index in [1.807, 2.05) is 4.90 Å². The van der Waals surface area contributed by atoms with Crippen LogP contribution in [0.3, 0.4) is 0 Å². The second-order valence-electron chi connectivity index (χ2n) is 7.15. The number of carbonyl (C=O) groups excluding carboxylic acids is 1. The lowest BCUT2D eigenvalue weighted by Crippen LogP contribution is -2.32. The second kappa shape index (κ2) is 6.49. The molecule has 4 rings (SSSR count). The summed E-state index contributed by atoms with van der Waals surface area (Å²) in [6.45, 7) is 5.22. The number of carbonyl (C=O) groups is 1. The van der Waals surface area contributed by atoms with Crippen LogP contribution in [0.5, 0.6) is 0 Å². The van der Waals surface area contributed by atoms with Crippen molar-refractivity contribution in [3.8, 4) is 0 Å². The molecule has 0 aromatic carbocycles. The van der Waals surface area contributed by atoms with Crippen molar-refractivity contribution in [2.45, 2.75) is 25.9 Å². The molecule has 26 heavy (non-hydrogen) atoms. The van der Waals surface area contributed by atoms with Crippen LogP contribution in [0, 0.1) is 18.8 Å². The molecule has 0 unspecified atom stereocenters. The van der Waals surface area contributed by atoms with Gasteiger partial charge in [-0.25, -0.2) is 4.98 Å². The molecule has 2 fully saturated rings. The van der Waals surface area contributed by atoms with E-state index >= 15 is 0 Å². The molecule has 2 aromatic rings. The monoisotopic (exact) mass is 383 g/mol. The van der Waals surface area contributed by atoms with Gasteiger partial charge in [0.25, 0.3) is 5.91 Å². The number of aromatic nitrogens is 1. The first kappa shape index (κ1) is 17.7. The van der Waals surface area contributed by atoms with Crippen LogP contribution in [0.1, 0.15) is 33.8 Å². The topological polar surface area (TPSA) is 45.2 Å². The van der Waals surface area contributed by atoms with Gasteiger partial charge in [0.15, 0.2) is 0 Å². The van der Waals surface area contributed by atoms with Gasteiger partial charge in [-0.3, -0.25) is 4.79 Å². The van der Waals surface area contributed by atoms with Crippen molar-refractivity contribution in [3.63, 3.8) is 0 Å². The number of halogens is 3. The minimum atomic E-state index is -4.48. The van der Waals surface area contributed by atoms with Gasteiger partial charge in [0.2, 0.25) is 0 Å². The third-order valence-corrected chi connectivity index (χ3v) is 6.78. The number of aryl methyl sites for hydroxylation is 1. The highest BCUT2D eigenvalue weighted by molar-refractivity contribution is 7.20. The Labute approximate surface area is 153 Å². The minimum Gasteiger partial charge on any atom is -0.338 e. The highest BCUT2D eigenvalue weighted by Gasteiger charge is 2.34. The maximum Gasteiger partial charge on any atom is 0.433 e. The van der Waals surface area contributed by atoms with Crippen LogP contribution in [0.2, 0.25) is 0 Å². The zero-order chi connectivity index (χ0) is 18.5. The lowest BCUT2D eigenvalue weighted by atomic mass is 9.92. The summed E-state index contributed by atoms with van der Waals surface area (Å²) in [7, 11) is 0. The number of nitrogens with zero attached hydrogens (tertiary/aromatic N) is 2. The van der Waals surface area contributed by atoms with Gasteiger partial charge in [-0.05, 0) is 62.4 Å². The van der Waals surface area contributed by atoms with E-state index in [1.54, 1.807) is 6.92 Å². The number of likely N-dealkylation sites (tertiary alicyclic amines) is 1. The zero-order valence-corrected chi connectivity index (χ0v) is 15.2. The van der Waals surface area contributed by atoms with Crippen molar-refractivity contribution < 1.29 is 18.0 Å². The van der Waals surface area contributed by atoms with Crippen LogP contribution >= 0.6 is 11.3 Å². The molecule has 4 nitrogen and oxygen atoms in total. The first-order valence-electron chi connectivity index (χ1n) is 8.82. The normalized spacial score (nSPS) is 23.9. The molecule has 2 aromatic heterocycles. The molecule has 2 aliphatic heterocycles. The molecule has 4 heterocycles. The number of pyridine rings is 1. The number of alkyl halides is 3. The van der Waals surface area contributed by atoms with Crippen molar-refractivity contribution >= 4 is 27.5 Å². The Bertz CT molecular complexity index is 834. The number of fused-ring (bicyclic) bond motifs is 2. The average Bonchev–Trinajstić information content (AvgIpc) is 3.12. The smallest absolute Gasteiger partial charge is 0.338 e. The highest BCUT2D eigenvalue weighted by atomic mass is 32.1. The molecule has 2 aliphatic rings. The van der Waals surface area contributed by atoms with Crippen molar-refractivity contribution in [3.05, 3.63) is 28.3 Å². The van der Waals surface area contributed by atoms with Crippen LogP contribution in [-0.4, -0.2) is 42.0 Å². The average molecular weight is 383 g/mol. The van der Waals surface area contributed by atoms with Crippen molar-refractivity contribution in [1.29, 1.82) is 0 Å². The highest BCUT2D eigenvalue weighted by Crippen LogP contribution is 2.35. The SMILES string of the molecule is Cc1c(C(=O)N2CC[C@@H]3CNC[C@@H]3CC2)sc2nc(C(F)(F)F)ccc12. The number of nitrogens with one attached hydrogen (secondary N) is 1. The lowest BCUT2D eigenvalue weighted by Gasteiger charge is -2.20. The van der Waals surface area contributed by atoms with E-state index in [9.17, 15) is 18.0 Å². The summed E-state index contributed by atoms with van der Waals surface area (Å²) in [6, 6.07) is 2.41. The fourth-order valence-electron chi connectivity index (χ4n) is 4.03. The number of rotatable bonds is 1. The molecule has 140 valence electrons. The van der Waals surface area contributed by atoms with Gasteiger partial charge in [0, 0.05) is 18.5 Å². The van der Waals surface area contributed by atoms with E-state index in [1.165, 1.54) is 6.07 Å². The zero-order valence-electron chi connectivity index (χ0n) is 14.4. The number of hydrogen-bond acceptors (Lipinski definition) is 4. The summed E-state index contributed by atoms with van der Waals surface area (Å²) < 4.78 is 38.7. The molecule has 1 amide bonds. The quantitative estimate of drug-likeness (QED) is 0.817. The van der Waals surface area contributed by atoms with E-state index in [0.717, 1.165) is 48.9 Å². The van der Waals surface area contributed by atoms with Gasteiger partial charge in [0.1, 0.15) is 10.5 Å². The van der Waals surface area contributed by atoms with Gasteiger partial charge >= 0.3 is 6.18 Å². The lowest BCUT2D eigenvalue weighted by molar-refractivity contribution is -0.140. The molecule has 0 bridgehead atoms. The second-order valence-corrected chi connectivity index (χ2v) is 8.15. The first-order chi connectivity index (χ1) is 12.3. The summed E-state index contributed by atoms with van der Waals surface area (Å²) in [6.07, 6.45) is -2.53. The van der Waals surface area contributed by atoms with E-state index in [0.29, 0.717) is 35.2 Å². The fourth-order valence-corrected chi connectivity index (χ4v) is 5.17. The predicted octanol–water partition coefficient (Wildman–Crippen LogP) is 3.70. The molecule has 0 aliphatic carbocycles. The van der Waals surface area contributed by atoms with Crippen LogP contribution < -0.4 is 5.32 Å². The molecular weight excluding hydrogens is 363 g/mol. The Hall–Kier alpha value is -1.67. The van der Waals surface area contributed by atoms with E-state index in [-0.39, 0.29) is 10.7 Å². The van der Waals surface area contributed by atoms with Crippen molar-refractivity contribution in [2.75, 3.05) is 26.2 Å². The number of thiophene rings is 1. The molecule has 0 radical (unpaired) electrons. The predicted molar refractivity (Wildman–Crippen MR) is 94.3 cm³/mol. The maximum absolute atomic E-state index is 13.0.